The van der Waals surface area contributed by atoms with E-state index >= 15 is 0 Å². The van der Waals surface area contributed by atoms with Gasteiger partial charge in [-0.2, -0.15) is 0 Å². The molecule has 0 spiro atoms. The summed E-state index contributed by atoms with van der Waals surface area (Å²) in [4.78, 5) is 25.2. The average molecular weight is 436 g/mol. The lowest BCUT2D eigenvalue weighted by Gasteiger charge is -2.14. The smallest absolute Gasteiger partial charge is 0.311 e. The second-order valence-electron chi connectivity index (χ2n) is 7.09. The molecule has 0 fully saturated rings. The van der Waals surface area contributed by atoms with Gasteiger partial charge in [0.05, 0.1) is 16.5 Å². The zero-order chi connectivity index (χ0) is 22.2. The van der Waals surface area contributed by atoms with Crippen LogP contribution in [0.1, 0.15) is 53.7 Å². The standard InChI is InChI=1S/C22H20ClF2NO4/c1-3-4-5-13(22(29)30)18-11(2)26(16-8-9-17(27)20(25)19(16)18)21(28)12-6-7-14(23)15(24)10-12/h6-10,13,27H,3-5H2,1-2H3,(H,29,30). The maximum atomic E-state index is 14.9. The summed E-state index contributed by atoms with van der Waals surface area (Å²) in [7, 11) is 0. The molecule has 30 heavy (non-hydrogen) atoms. The molecule has 0 bridgehead atoms. The number of fused-ring (bicyclic) bond motifs is 1. The van der Waals surface area contributed by atoms with Crippen LogP contribution in [0.5, 0.6) is 5.75 Å². The molecule has 0 amide bonds. The SMILES string of the molecule is CCCCC(C(=O)O)c1c(C)n(C(=O)c2ccc(Cl)c(F)c2)c2ccc(O)c(F)c12. The van der Waals surface area contributed by atoms with Crippen molar-refractivity contribution in [2.24, 2.45) is 0 Å². The lowest BCUT2D eigenvalue weighted by Crippen LogP contribution is -2.16. The first-order valence-corrected chi connectivity index (χ1v) is 9.81. The van der Waals surface area contributed by atoms with E-state index in [1.807, 2.05) is 6.92 Å². The van der Waals surface area contributed by atoms with Gasteiger partial charge < -0.3 is 10.2 Å². The largest absolute Gasteiger partial charge is 0.505 e. The Bertz CT molecular complexity index is 1160. The molecule has 0 radical (unpaired) electrons. The van der Waals surface area contributed by atoms with Gasteiger partial charge in [-0.15, -0.1) is 0 Å². The van der Waals surface area contributed by atoms with Crippen LogP contribution in [0.15, 0.2) is 30.3 Å². The number of hydrogen-bond acceptors (Lipinski definition) is 3. The summed E-state index contributed by atoms with van der Waals surface area (Å²) in [5.41, 5.74) is 0.416. The summed E-state index contributed by atoms with van der Waals surface area (Å²) in [5, 5.41) is 19.4. The second-order valence-corrected chi connectivity index (χ2v) is 7.50. The lowest BCUT2D eigenvalue weighted by atomic mass is 9.91. The number of nitrogens with zero attached hydrogens (tertiary/aromatic N) is 1. The zero-order valence-electron chi connectivity index (χ0n) is 16.4. The molecule has 3 rings (SSSR count). The molecule has 3 aromatic rings. The summed E-state index contributed by atoms with van der Waals surface area (Å²) in [6.45, 7) is 3.41. The highest BCUT2D eigenvalue weighted by molar-refractivity contribution is 6.30. The minimum absolute atomic E-state index is 0.0302. The zero-order valence-corrected chi connectivity index (χ0v) is 17.1. The van der Waals surface area contributed by atoms with Crippen LogP contribution < -0.4 is 0 Å². The third-order valence-electron chi connectivity index (χ3n) is 5.20. The summed E-state index contributed by atoms with van der Waals surface area (Å²) in [6.07, 6.45) is 1.56. The fourth-order valence-electron chi connectivity index (χ4n) is 3.73. The molecule has 0 saturated heterocycles. The van der Waals surface area contributed by atoms with Gasteiger partial charge in [0.25, 0.3) is 5.91 Å². The topological polar surface area (TPSA) is 79.5 Å². The highest BCUT2D eigenvalue weighted by Gasteiger charge is 2.31. The number of unbranched alkanes of at least 4 members (excludes halogenated alkanes) is 1. The van der Waals surface area contributed by atoms with Crippen LogP contribution in [0.25, 0.3) is 10.9 Å². The van der Waals surface area contributed by atoms with Gasteiger partial charge in [0.1, 0.15) is 5.82 Å². The summed E-state index contributed by atoms with van der Waals surface area (Å²) >= 11 is 5.69. The number of phenolic OH excluding ortho intramolecular Hbond substituents is 1. The van der Waals surface area contributed by atoms with Crippen molar-refractivity contribution in [2.75, 3.05) is 0 Å². The van der Waals surface area contributed by atoms with Crippen molar-refractivity contribution < 1.29 is 28.6 Å². The molecule has 5 nitrogen and oxygen atoms in total. The maximum Gasteiger partial charge on any atom is 0.311 e. The van der Waals surface area contributed by atoms with E-state index in [0.29, 0.717) is 6.42 Å². The molecule has 158 valence electrons. The fourth-order valence-corrected chi connectivity index (χ4v) is 3.84. The van der Waals surface area contributed by atoms with Crippen LogP contribution in [0.4, 0.5) is 8.78 Å². The van der Waals surface area contributed by atoms with Crippen molar-refractivity contribution in [2.45, 2.75) is 39.0 Å². The number of benzene rings is 2. The molecule has 0 aliphatic carbocycles. The number of aromatic hydroxyl groups is 1. The number of halogens is 3. The summed E-state index contributed by atoms with van der Waals surface area (Å²) < 4.78 is 30.0. The number of aliphatic carboxylic acids is 1. The fraction of sp³-hybridized carbons (Fsp3) is 0.273. The van der Waals surface area contributed by atoms with Crippen LogP contribution in [-0.4, -0.2) is 26.7 Å². The first kappa shape index (κ1) is 21.8. The molecule has 1 aromatic heterocycles. The van der Waals surface area contributed by atoms with E-state index in [1.165, 1.54) is 25.1 Å². The molecule has 1 heterocycles. The Kier molecular flexibility index (Phi) is 6.12. The van der Waals surface area contributed by atoms with Crippen LogP contribution in [0.2, 0.25) is 5.02 Å². The molecule has 2 aromatic carbocycles. The normalized spacial score (nSPS) is 12.3. The van der Waals surface area contributed by atoms with E-state index in [4.69, 9.17) is 11.6 Å². The Labute approximate surface area is 176 Å². The van der Waals surface area contributed by atoms with Gasteiger partial charge in [-0.05, 0) is 49.2 Å². The number of rotatable bonds is 6. The van der Waals surface area contributed by atoms with E-state index in [1.54, 1.807) is 0 Å². The summed E-state index contributed by atoms with van der Waals surface area (Å²) in [6, 6.07) is 5.97. The van der Waals surface area contributed by atoms with Crippen molar-refractivity contribution in [1.82, 2.24) is 4.57 Å². The number of hydrogen-bond donors (Lipinski definition) is 2. The maximum absolute atomic E-state index is 14.9. The van der Waals surface area contributed by atoms with E-state index in [2.05, 4.69) is 0 Å². The Morgan fingerprint density at radius 3 is 2.50 bits per heavy atom. The van der Waals surface area contributed by atoms with Crippen molar-refractivity contribution in [3.05, 3.63) is 63.8 Å². The quantitative estimate of drug-likeness (QED) is 0.525. The van der Waals surface area contributed by atoms with Gasteiger partial charge in [0, 0.05) is 16.6 Å². The first-order valence-electron chi connectivity index (χ1n) is 9.43. The van der Waals surface area contributed by atoms with Crippen LogP contribution in [0.3, 0.4) is 0 Å². The van der Waals surface area contributed by atoms with E-state index in [9.17, 15) is 28.6 Å². The van der Waals surface area contributed by atoms with Crippen molar-refractivity contribution >= 4 is 34.4 Å². The minimum Gasteiger partial charge on any atom is -0.505 e. The van der Waals surface area contributed by atoms with E-state index in [0.717, 1.165) is 23.1 Å². The molecular weight excluding hydrogens is 416 g/mol. The molecule has 8 heteroatoms. The van der Waals surface area contributed by atoms with Crippen LogP contribution in [-0.2, 0) is 4.79 Å². The van der Waals surface area contributed by atoms with Gasteiger partial charge >= 0.3 is 5.97 Å². The van der Waals surface area contributed by atoms with Gasteiger partial charge in [-0.1, -0.05) is 31.4 Å². The minimum atomic E-state index is -1.15. The number of carbonyl (C=O) groups excluding carboxylic acids is 1. The Hall–Kier alpha value is -2.93. The van der Waals surface area contributed by atoms with Crippen molar-refractivity contribution in [3.8, 4) is 5.75 Å². The number of carboxylic acids is 1. The third kappa shape index (κ3) is 3.65. The average Bonchev–Trinajstić information content (AvgIpc) is 2.99. The highest BCUT2D eigenvalue weighted by atomic mass is 35.5. The predicted octanol–water partition coefficient (Wildman–Crippen LogP) is 5.63. The Morgan fingerprint density at radius 1 is 1.20 bits per heavy atom. The molecule has 1 unspecified atom stereocenters. The molecular formula is C22H20ClF2NO4. The number of carboxylic acid groups (broad SMARTS) is 1. The van der Waals surface area contributed by atoms with Crippen molar-refractivity contribution in [3.63, 3.8) is 0 Å². The molecule has 1 atom stereocenters. The lowest BCUT2D eigenvalue weighted by molar-refractivity contribution is -0.139. The predicted molar refractivity (Wildman–Crippen MR) is 109 cm³/mol. The molecule has 0 aliphatic heterocycles. The first-order chi connectivity index (χ1) is 14.2. The highest BCUT2D eigenvalue weighted by Crippen LogP contribution is 2.39. The Morgan fingerprint density at radius 2 is 1.90 bits per heavy atom. The Balaban J connectivity index is 2.32. The number of phenols is 1. The molecule has 0 saturated carbocycles. The number of aromatic nitrogens is 1. The van der Waals surface area contributed by atoms with E-state index < -0.39 is 35.2 Å². The van der Waals surface area contributed by atoms with Gasteiger partial charge in [0.15, 0.2) is 11.6 Å². The van der Waals surface area contributed by atoms with Crippen LogP contribution in [0, 0.1) is 18.6 Å². The monoisotopic (exact) mass is 435 g/mol. The van der Waals surface area contributed by atoms with E-state index in [-0.39, 0.29) is 39.2 Å². The second kappa shape index (κ2) is 8.44. The van der Waals surface area contributed by atoms with Crippen LogP contribution >= 0.6 is 11.6 Å². The van der Waals surface area contributed by atoms with Gasteiger partial charge in [-0.25, -0.2) is 8.78 Å². The summed E-state index contributed by atoms with van der Waals surface area (Å²) in [5.74, 6) is -5.32. The van der Waals surface area contributed by atoms with Crippen molar-refractivity contribution in [1.29, 1.82) is 0 Å². The van der Waals surface area contributed by atoms with Gasteiger partial charge in [-0.3, -0.25) is 14.2 Å². The molecule has 0 aliphatic rings. The van der Waals surface area contributed by atoms with Gasteiger partial charge in [0.2, 0.25) is 0 Å². The molecule has 2 N–H and O–H groups in total. The third-order valence-corrected chi connectivity index (χ3v) is 5.50. The number of carbonyl (C=O) groups is 2.